The number of hydrogen-bond donors (Lipinski definition) is 0. The van der Waals surface area contributed by atoms with Crippen molar-refractivity contribution in [3.8, 4) is 5.75 Å². The predicted molar refractivity (Wildman–Crippen MR) is 176 cm³/mol. The topological polar surface area (TPSA) is 78.9 Å². The van der Waals surface area contributed by atoms with Crippen molar-refractivity contribution in [2.75, 3.05) is 0 Å². The van der Waals surface area contributed by atoms with Crippen molar-refractivity contribution >= 4 is 24.0 Å². The van der Waals surface area contributed by atoms with E-state index in [-0.39, 0.29) is 0 Å². The minimum absolute atomic E-state index is 0.358. The molecule has 0 aromatic heterocycles. The Hall–Kier alpha value is -5.75. The third-order valence-corrected chi connectivity index (χ3v) is 7.19. The molecule has 46 heavy (non-hydrogen) atoms. The first kappa shape index (κ1) is 31.7. The molecule has 5 rings (SSSR count). The van der Waals surface area contributed by atoms with Crippen LogP contribution in [0, 0.1) is 6.07 Å². The summed E-state index contributed by atoms with van der Waals surface area (Å²) in [4.78, 5) is 38.9. The monoisotopic (exact) mass is 609 g/mol. The van der Waals surface area contributed by atoms with Gasteiger partial charge < -0.3 is 14.2 Å². The molecule has 6 nitrogen and oxygen atoms in total. The molecule has 1 radical (unpaired) electrons. The number of ether oxygens (including phenoxy) is 3. The maximum absolute atomic E-state index is 13.2. The van der Waals surface area contributed by atoms with Gasteiger partial charge in [0, 0.05) is 6.08 Å². The van der Waals surface area contributed by atoms with Crippen molar-refractivity contribution in [3.05, 3.63) is 179 Å². The quantitative estimate of drug-likeness (QED) is 0.0801. The lowest BCUT2D eigenvalue weighted by molar-refractivity contribution is -0.150. The highest BCUT2D eigenvalue weighted by Gasteiger charge is 2.32. The largest absolute Gasteiger partial charge is 0.450 e. The summed E-state index contributed by atoms with van der Waals surface area (Å²) in [5.74, 6) is -1.23. The smallest absolute Gasteiger partial charge is 0.343 e. The van der Waals surface area contributed by atoms with Gasteiger partial charge in [-0.2, -0.15) is 0 Å². The minimum Gasteiger partial charge on any atom is -0.450 e. The lowest BCUT2D eigenvalue weighted by Gasteiger charge is -2.27. The highest BCUT2D eigenvalue weighted by molar-refractivity contribution is 5.91. The van der Waals surface area contributed by atoms with E-state index in [1.54, 1.807) is 66.7 Å². The van der Waals surface area contributed by atoms with Gasteiger partial charge in [0.15, 0.2) is 12.2 Å². The summed E-state index contributed by atoms with van der Waals surface area (Å²) in [5, 5.41) is 0. The van der Waals surface area contributed by atoms with Gasteiger partial charge in [-0.15, -0.1) is 0 Å². The molecular formula is C40H33O6. The third kappa shape index (κ3) is 8.67. The van der Waals surface area contributed by atoms with E-state index in [1.165, 1.54) is 11.6 Å². The van der Waals surface area contributed by atoms with Crippen LogP contribution in [0.25, 0.3) is 6.08 Å². The molecule has 2 unspecified atom stereocenters. The zero-order valence-corrected chi connectivity index (χ0v) is 25.4. The fourth-order valence-corrected chi connectivity index (χ4v) is 4.84. The van der Waals surface area contributed by atoms with Gasteiger partial charge in [0.1, 0.15) is 5.75 Å². The van der Waals surface area contributed by atoms with Crippen LogP contribution in [-0.2, 0) is 20.7 Å². The van der Waals surface area contributed by atoms with Gasteiger partial charge in [0.25, 0.3) is 0 Å². The van der Waals surface area contributed by atoms with Crippen LogP contribution in [-0.4, -0.2) is 17.9 Å². The molecule has 6 heteroatoms. The Kier molecular flexibility index (Phi) is 10.9. The van der Waals surface area contributed by atoms with Crippen LogP contribution in [0.2, 0.25) is 0 Å². The fraction of sp³-hybridized carbons (Fsp3) is 0.125. The Morgan fingerprint density at radius 1 is 0.652 bits per heavy atom. The number of carbonyl (C=O) groups excluding carboxylic acids is 3. The van der Waals surface area contributed by atoms with Crippen LogP contribution < -0.4 is 4.74 Å². The summed E-state index contributed by atoms with van der Waals surface area (Å²) in [6.45, 7) is 2.11. The average Bonchev–Trinajstić information content (AvgIpc) is 3.11. The van der Waals surface area contributed by atoms with Crippen LogP contribution in [0.15, 0.2) is 140 Å². The molecule has 0 aliphatic carbocycles. The van der Waals surface area contributed by atoms with E-state index in [1.807, 2.05) is 72.8 Å². The number of aryl methyl sites for hydroxylation is 1. The zero-order chi connectivity index (χ0) is 32.1. The second kappa shape index (κ2) is 15.8. The first-order chi connectivity index (χ1) is 22.5. The summed E-state index contributed by atoms with van der Waals surface area (Å²) < 4.78 is 17.5. The van der Waals surface area contributed by atoms with Crippen LogP contribution in [0.1, 0.15) is 68.5 Å². The number of esters is 3. The average molecular weight is 610 g/mol. The van der Waals surface area contributed by atoms with Crippen LogP contribution in [0.3, 0.4) is 0 Å². The first-order valence-corrected chi connectivity index (χ1v) is 15.1. The maximum Gasteiger partial charge on any atom is 0.343 e. The third-order valence-electron chi connectivity index (χ3n) is 7.19. The van der Waals surface area contributed by atoms with Crippen LogP contribution in [0.5, 0.6) is 5.75 Å². The molecule has 229 valence electrons. The summed E-state index contributed by atoms with van der Waals surface area (Å²) in [6, 6.07) is 41.9. The normalized spacial score (nSPS) is 12.2. The van der Waals surface area contributed by atoms with Crippen molar-refractivity contribution in [3.63, 3.8) is 0 Å². The van der Waals surface area contributed by atoms with E-state index in [0.29, 0.717) is 33.6 Å². The second-order valence-corrected chi connectivity index (χ2v) is 10.5. The van der Waals surface area contributed by atoms with Gasteiger partial charge >= 0.3 is 17.9 Å². The molecule has 5 aromatic rings. The van der Waals surface area contributed by atoms with E-state index in [9.17, 15) is 14.4 Å². The summed E-state index contributed by atoms with van der Waals surface area (Å²) >= 11 is 0. The van der Waals surface area contributed by atoms with Gasteiger partial charge in [0.2, 0.25) is 0 Å². The number of benzene rings is 5. The Bertz CT molecular complexity index is 1750. The van der Waals surface area contributed by atoms with Crippen molar-refractivity contribution < 1.29 is 28.6 Å². The highest BCUT2D eigenvalue weighted by Crippen LogP contribution is 2.36. The molecule has 0 saturated carbocycles. The van der Waals surface area contributed by atoms with Crippen molar-refractivity contribution in [2.45, 2.75) is 32.0 Å². The van der Waals surface area contributed by atoms with Crippen molar-refractivity contribution in [1.82, 2.24) is 0 Å². The molecule has 0 amide bonds. The van der Waals surface area contributed by atoms with Crippen molar-refractivity contribution in [2.24, 2.45) is 0 Å². The SMILES string of the molecule is CCCc1ccc(C(=O)Oc2ccc(C=CC(=O)OC(c3ccccc3)C(OC(=O)c3cc[c]cc3)c3ccccc3)cc2)cc1. The molecule has 5 aromatic carbocycles. The maximum atomic E-state index is 13.2. The molecule has 0 heterocycles. The van der Waals surface area contributed by atoms with E-state index in [4.69, 9.17) is 14.2 Å². The molecule has 0 saturated heterocycles. The lowest BCUT2D eigenvalue weighted by atomic mass is 9.97. The highest BCUT2D eigenvalue weighted by atomic mass is 16.6. The van der Waals surface area contributed by atoms with Gasteiger partial charge in [-0.1, -0.05) is 110 Å². The molecule has 0 aliphatic rings. The second-order valence-electron chi connectivity index (χ2n) is 10.5. The van der Waals surface area contributed by atoms with Gasteiger partial charge in [-0.05, 0) is 77.2 Å². The number of hydrogen-bond acceptors (Lipinski definition) is 6. The molecule has 0 spiro atoms. The van der Waals surface area contributed by atoms with Crippen molar-refractivity contribution in [1.29, 1.82) is 0 Å². The van der Waals surface area contributed by atoms with E-state index >= 15 is 0 Å². The van der Waals surface area contributed by atoms with Gasteiger partial charge in [-0.25, -0.2) is 14.4 Å². The Morgan fingerprint density at radius 3 is 1.80 bits per heavy atom. The summed E-state index contributed by atoms with van der Waals surface area (Å²) in [6.07, 6.45) is 3.05. The van der Waals surface area contributed by atoms with E-state index in [2.05, 4.69) is 13.0 Å². The standard InChI is InChI=1S/C40H33O6/c1-2-12-29-19-24-34(25-20-29)39(42)44-35-26-21-30(22-27-35)23-28-36(41)45-37(31-13-6-3-7-14-31)38(32-15-8-4-9-16-32)46-40(43)33-17-10-5-11-18-33/h3-4,6-11,13-28,37-38H,2,12H2,1H3. The molecule has 0 fully saturated rings. The molecular weight excluding hydrogens is 576 g/mol. The van der Waals surface area contributed by atoms with Gasteiger partial charge in [-0.3, -0.25) is 0 Å². The van der Waals surface area contributed by atoms with E-state index < -0.39 is 30.1 Å². The fourth-order valence-electron chi connectivity index (χ4n) is 4.84. The van der Waals surface area contributed by atoms with Crippen LogP contribution in [0.4, 0.5) is 0 Å². The zero-order valence-electron chi connectivity index (χ0n) is 25.4. The first-order valence-electron chi connectivity index (χ1n) is 15.1. The molecule has 0 N–H and O–H groups in total. The molecule has 0 bridgehead atoms. The van der Waals surface area contributed by atoms with E-state index in [0.717, 1.165) is 12.8 Å². The Labute approximate surface area is 268 Å². The summed E-state index contributed by atoms with van der Waals surface area (Å²) in [5.41, 5.74) is 4.04. The molecule has 0 aliphatic heterocycles. The summed E-state index contributed by atoms with van der Waals surface area (Å²) in [7, 11) is 0. The Balaban J connectivity index is 1.30. The number of carbonyl (C=O) groups is 3. The number of rotatable bonds is 12. The van der Waals surface area contributed by atoms with Gasteiger partial charge in [0.05, 0.1) is 11.1 Å². The minimum atomic E-state index is -0.933. The predicted octanol–water partition coefficient (Wildman–Crippen LogP) is 8.55. The Morgan fingerprint density at radius 2 is 1.22 bits per heavy atom. The molecule has 2 atom stereocenters. The lowest BCUT2D eigenvalue weighted by Crippen LogP contribution is -2.23. The van der Waals surface area contributed by atoms with Crippen LogP contribution >= 0.6 is 0 Å².